The van der Waals surface area contributed by atoms with Crippen LogP contribution in [0.25, 0.3) is 10.2 Å². The van der Waals surface area contributed by atoms with E-state index in [1.165, 1.54) is 11.3 Å². The maximum absolute atomic E-state index is 13.2. The maximum atomic E-state index is 13.2. The molecule has 2 aromatic heterocycles. The maximum Gasteiger partial charge on any atom is 0.298 e. The van der Waals surface area contributed by atoms with Gasteiger partial charge in [0.05, 0.1) is 32.6 Å². The van der Waals surface area contributed by atoms with E-state index < -0.39 is 0 Å². The van der Waals surface area contributed by atoms with Crippen molar-refractivity contribution in [3.05, 3.63) is 29.7 Å². The first kappa shape index (κ1) is 18.7. The second kappa shape index (κ2) is 7.76. The van der Waals surface area contributed by atoms with Crippen molar-refractivity contribution in [1.82, 2.24) is 10.1 Å². The molecule has 9 heteroatoms. The van der Waals surface area contributed by atoms with Gasteiger partial charge in [0, 0.05) is 12.7 Å². The van der Waals surface area contributed by atoms with Crippen LogP contribution in [-0.2, 0) is 4.74 Å². The molecule has 0 unspecified atom stereocenters. The SMILES string of the molecule is COc1ccc(OC)c2sc(N(C[C@@H]3CCCO3)C(=O)c3cc(C)no3)nc12. The van der Waals surface area contributed by atoms with E-state index in [9.17, 15) is 4.79 Å². The Kier molecular flexibility index (Phi) is 5.19. The lowest BCUT2D eigenvalue weighted by atomic mass is 10.2. The van der Waals surface area contributed by atoms with Crippen LogP contribution in [0.2, 0.25) is 0 Å². The van der Waals surface area contributed by atoms with Crippen molar-refractivity contribution in [3.63, 3.8) is 0 Å². The molecule has 1 aromatic carbocycles. The second-order valence-electron chi connectivity index (χ2n) is 6.53. The highest BCUT2D eigenvalue weighted by molar-refractivity contribution is 7.22. The van der Waals surface area contributed by atoms with Gasteiger partial charge >= 0.3 is 0 Å². The number of carbonyl (C=O) groups is 1. The van der Waals surface area contributed by atoms with Gasteiger partial charge in [0.2, 0.25) is 5.76 Å². The lowest BCUT2D eigenvalue weighted by molar-refractivity contribution is 0.0887. The van der Waals surface area contributed by atoms with Crippen LogP contribution >= 0.6 is 11.3 Å². The molecule has 0 saturated carbocycles. The average Bonchev–Trinajstić information content (AvgIpc) is 3.45. The minimum atomic E-state index is -0.298. The molecular weight excluding hydrogens is 382 g/mol. The number of aryl methyl sites for hydroxylation is 1. The number of anilines is 1. The first-order chi connectivity index (χ1) is 13.6. The van der Waals surface area contributed by atoms with E-state index in [-0.39, 0.29) is 17.8 Å². The van der Waals surface area contributed by atoms with Crippen LogP contribution in [0.3, 0.4) is 0 Å². The van der Waals surface area contributed by atoms with Gasteiger partial charge in [0.25, 0.3) is 5.91 Å². The number of aromatic nitrogens is 2. The summed E-state index contributed by atoms with van der Waals surface area (Å²) in [5, 5.41) is 4.37. The number of thiazole rings is 1. The Balaban J connectivity index is 1.77. The van der Waals surface area contributed by atoms with Gasteiger partial charge in [-0.05, 0) is 31.9 Å². The Labute approximate surface area is 166 Å². The molecule has 0 N–H and O–H groups in total. The lowest BCUT2D eigenvalue weighted by Crippen LogP contribution is -2.37. The Bertz CT molecular complexity index is 952. The molecule has 0 bridgehead atoms. The number of carbonyl (C=O) groups excluding carboxylic acids is 1. The molecule has 0 aliphatic carbocycles. The van der Waals surface area contributed by atoms with Crippen LogP contribution in [0.4, 0.5) is 5.13 Å². The Morgan fingerprint density at radius 1 is 1.32 bits per heavy atom. The minimum Gasteiger partial charge on any atom is -0.495 e. The molecule has 148 valence electrons. The van der Waals surface area contributed by atoms with Gasteiger partial charge < -0.3 is 18.7 Å². The number of hydrogen-bond acceptors (Lipinski definition) is 8. The van der Waals surface area contributed by atoms with Gasteiger partial charge in [0.15, 0.2) is 5.13 Å². The molecule has 4 rings (SSSR count). The molecule has 1 fully saturated rings. The van der Waals surface area contributed by atoms with Gasteiger partial charge in [-0.2, -0.15) is 0 Å². The van der Waals surface area contributed by atoms with Crippen LogP contribution in [0.1, 0.15) is 29.1 Å². The smallest absolute Gasteiger partial charge is 0.298 e. The molecular formula is C19H21N3O5S. The number of benzene rings is 1. The molecule has 0 spiro atoms. The highest BCUT2D eigenvalue weighted by Gasteiger charge is 2.30. The summed E-state index contributed by atoms with van der Waals surface area (Å²) in [6.45, 7) is 2.87. The molecule has 3 aromatic rings. The van der Waals surface area contributed by atoms with Crippen LogP contribution in [0, 0.1) is 6.92 Å². The molecule has 28 heavy (non-hydrogen) atoms. The molecule has 1 aliphatic heterocycles. The van der Waals surface area contributed by atoms with Gasteiger partial charge in [-0.25, -0.2) is 4.98 Å². The van der Waals surface area contributed by atoms with Crippen molar-refractivity contribution in [1.29, 1.82) is 0 Å². The summed E-state index contributed by atoms with van der Waals surface area (Å²) in [5.74, 6) is 1.18. The fourth-order valence-corrected chi connectivity index (χ4v) is 4.31. The molecule has 0 radical (unpaired) electrons. The first-order valence-corrected chi connectivity index (χ1v) is 9.80. The summed E-state index contributed by atoms with van der Waals surface area (Å²) in [5.41, 5.74) is 1.30. The molecule has 1 aliphatic rings. The first-order valence-electron chi connectivity index (χ1n) is 8.99. The monoisotopic (exact) mass is 403 g/mol. The number of fused-ring (bicyclic) bond motifs is 1. The summed E-state index contributed by atoms with van der Waals surface area (Å²) in [4.78, 5) is 19.5. The second-order valence-corrected chi connectivity index (χ2v) is 7.51. The van der Waals surface area contributed by atoms with Gasteiger partial charge in [-0.3, -0.25) is 9.69 Å². The number of rotatable bonds is 6. The third-order valence-corrected chi connectivity index (χ3v) is 5.72. The Morgan fingerprint density at radius 2 is 2.11 bits per heavy atom. The molecule has 3 heterocycles. The lowest BCUT2D eigenvalue weighted by Gasteiger charge is -2.21. The quantitative estimate of drug-likeness (QED) is 0.623. The standard InChI is InChI=1S/C19H21N3O5S/c1-11-9-15(27-21-11)18(23)22(10-12-5-4-8-26-12)19-20-16-13(24-2)6-7-14(25-3)17(16)28-19/h6-7,9,12H,4-5,8,10H2,1-3H3/t12-/m0/s1. The summed E-state index contributed by atoms with van der Waals surface area (Å²) in [6.07, 6.45) is 1.84. The van der Waals surface area contributed by atoms with Crippen LogP contribution in [0.5, 0.6) is 11.5 Å². The highest BCUT2D eigenvalue weighted by atomic mass is 32.1. The number of ether oxygens (including phenoxy) is 3. The van der Waals surface area contributed by atoms with Crippen molar-refractivity contribution in [2.45, 2.75) is 25.9 Å². The van der Waals surface area contributed by atoms with Crippen molar-refractivity contribution < 1.29 is 23.5 Å². The van der Waals surface area contributed by atoms with E-state index in [1.807, 2.05) is 6.07 Å². The van der Waals surface area contributed by atoms with Crippen LogP contribution in [-0.4, -0.2) is 49.5 Å². The number of nitrogens with zero attached hydrogens (tertiary/aromatic N) is 3. The topological polar surface area (TPSA) is 86.9 Å². The average molecular weight is 403 g/mol. The van der Waals surface area contributed by atoms with E-state index in [4.69, 9.17) is 18.7 Å². The van der Waals surface area contributed by atoms with Crippen molar-refractivity contribution in [3.8, 4) is 11.5 Å². The van der Waals surface area contributed by atoms with E-state index in [2.05, 4.69) is 10.1 Å². The number of amides is 1. The summed E-state index contributed by atoms with van der Waals surface area (Å²) in [7, 11) is 3.19. The number of hydrogen-bond donors (Lipinski definition) is 0. The highest BCUT2D eigenvalue weighted by Crippen LogP contribution is 2.40. The zero-order chi connectivity index (χ0) is 19.7. The zero-order valence-corrected chi connectivity index (χ0v) is 16.7. The predicted molar refractivity (Wildman–Crippen MR) is 105 cm³/mol. The Hall–Kier alpha value is -2.65. The van der Waals surface area contributed by atoms with Gasteiger partial charge in [-0.15, -0.1) is 0 Å². The third-order valence-electron chi connectivity index (χ3n) is 4.62. The van der Waals surface area contributed by atoms with Gasteiger partial charge in [0.1, 0.15) is 21.7 Å². The van der Waals surface area contributed by atoms with Gasteiger partial charge in [-0.1, -0.05) is 16.5 Å². The van der Waals surface area contributed by atoms with E-state index in [0.717, 1.165) is 17.5 Å². The van der Waals surface area contributed by atoms with E-state index in [0.29, 0.717) is 41.0 Å². The normalized spacial score (nSPS) is 16.5. The summed E-state index contributed by atoms with van der Waals surface area (Å²) in [6, 6.07) is 5.26. The minimum absolute atomic E-state index is 0.0382. The number of methoxy groups -OCH3 is 2. The van der Waals surface area contributed by atoms with E-state index in [1.54, 1.807) is 38.2 Å². The zero-order valence-electron chi connectivity index (χ0n) is 15.9. The van der Waals surface area contributed by atoms with Crippen LogP contribution in [0.15, 0.2) is 22.7 Å². The Morgan fingerprint density at radius 3 is 2.75 bits per heavy atom. The van der Waals surface area contributed by atoms with Crippen molar-refractivity contribution >= 4 is 32.6 Å². The summed E-state index contributed by atoms with van der Waals surface area (Å²) < 4.78 is 22.7. The van der Waals surface area contributed by atoms with Crippen molar-refractivity contribution in [2.24, 2.45) is 0 Å². The van der Waals surface area contributed by atoms with E-state index >= 15 is 0 Å². The fourth-order valence-electron chi connectivity index (χ4n) is 3.23. The largest absolute Gasteiger partial charge is 0.495 e. The summed E-state index contributed by atoms with van der Waals surface area (Å²) >= 11 is 1.37. The van der Waals surface area contributed by atoms with Crippen molar-refractivity contribution in [2.75, 3.05) is 32.3 Å². The molecule has 8 nitrogen and oxygen atoms in total. The molecule has 1 amide bonds. The third kappa shape index (κ3) is 3.43. The predicted octanol–water partition coefficient (Wildman–Crippen LogP) is 3.44. The fraction of sp³-hybridized carbons (Fsp3) is 0.421. The van der Waals surface area contributed by atoms with Crippen LogP contribution < -0.4 is 14.4 Å². The molecule has 1 atom stereocenters. The molecule has 1 saturated heterocycles.